The lowest BCUT2D eigenvalue weighted by Gasteiger charge is -2.29. The molecule has 0 aliphatic carbocycles. The number of piperidine rings is 1. The number of hydrogen-bond acceptors (Lipinski definition) is 5. The molecule has 0 spiro atoms. The molecule has 3 aliphatic heterocycles. The summed E-state index contributed by atoms with van der Waals surface area (Å²) >= 11 is 0. The Bertz CT molecular complexity index is 549. The summed E-state index contributed by atoms with van der Waals surface area (Å²) in [7, 11) is 2.18. The van der Waals surface area contributed by atoms with Gasteiger partial charge in [-0.1, -0.05) is 0 Å². The van der Waals surface area contributed by atoms with E-state index in [2.05, 4.69) is 34.7 Å². The second-order valence-electron chi connectivity index (χ2n) is 7.04. The second kappa shape index (κ2) is 6.67. The van der Waals surface area contributed by atoms with Gasteiger partial charge in [0.2, 0.25) is 0 Å². The Balaban J connectivity index is 1.50. The number of nitrogens with zero attached hydrogens (tertiary/aromatic N) is 1. The Morgan fingerprint density at radius 3 is 2.87 bits per heavy atom. The van der Waals surface area contributed by atoms with Gasteiger partial charge in [0.05, 0.1) is 12.6 Å². The maximum Gasteiger partial charge on any atom is 0.122 e. The van der Waals surface area contributed by atoms with Crippen LogP contribution in [0.25, 0.3) is 0 Å². The van der Waals surface area contributed by atoms with E-state index in [1.807, 2.05) is 0 Å². The van der Waals surface area contributed by atoms with Crippen LogP contribution in [0.5, 0.6) is 5.75 Å². The summed E-state index contributed by atoms with van der Waals surface area (Å²) in [6.07, 6.45) is 3.67. The quantitative estimate of drug-likeness (QED) is 0.889. The van der Waals surface area contributed by atoms with Crippen molar-refractivity contribution < 1.29 is 9.47 Å². The van der Waals surface area contributed by atoms with E-state index >= 15 is 0 Å². The fourth-order valence-electron chi connectivity index (χ4n) is 3.75. The van der Waals surface area contributed by atoms with Gasteiger partial charge < -0.3 is 25.0 Å². The van der Waals surface area contributed by atoms with Crippen LogP contribution in [0.1, 0.15) is 30.4 Å². The summed E-state index contributed by atoms with van der Waals surface area (Å²) in [4.78, 5) is 2.37. The molecule has 1 aromatic rings. The molecule has 5 heteroatoms. The molecular weight excluding hydrogens is 290 g/mol. The molecule has 2 N–H and O–H groups in total. The van der Waals surface area contributed by atoms with Crippen molar-refractivity contribution >= 4 is 5.69 Å². The molecule has 3 aliphatic rings. The van der Waals surface area contributed by atoms with Crippen LogP contribution in [0.2, 0.25) is 0 Å². The molecule has 0 saturated carbocycles. The Morgan fingerprint density at radius 1 is 1.22 bits per heavy atom. The second-order valence-corrected chi connectivity index (χ2v) is 7.04. The van der Waals surface area contributed by atoms with E-state index in [4.69, 9.17) is 9.47 Å². The van der Waals surface area contributed by atoms with Gasteiger partial charge in [-0.15, -0.1) is 0 Å². The van der Waals surface area contributed by atoms with Crippen molar-refractivity contribution in [3.05, 3.63) is 23.3 Å². The van der Waals surface area contributed by atoms with Crippen LogP contribution in [0.15, 0.2) is 12.1 Å². The molecule has 1 atom stereocenters. The van der Waals surface area contributed by atoms with Crippen LogP contribution < -0.4 is 15.4 Å². The standard InChI is InChI=1S/C18H27N3O2/c1-21-5-2-15(3-6-21)23-16-8-13-10-19-11-17(13)18(9-16)20-14-4-7-22-12-14/h8-9,14-15,19-20H,2-7,10-12H2,1H3/t14-/m0/s1. The van der Waals surface area contributed by atoms with E-state index in [9.17, 15) is 0 Å². The predicted molar refractivity (Wildman–Crippen MR) is 91.0 cm³/mol. The van der Waals surface area contributed by atoms with Crippen LogP contribution in [-0.2, 0) is 17.8 Å². The first-order chi connectivity index (χ1) is 11.3. The molecule has 23 heavy (non-hydrogen) atoms. The van der Waals surface area contributed by atoms with Gasteiger partial charge in [-0.05, 0) is 43.5 Å². The van der Waals surface area contributed by atoms with Crippen LogP contribution in [0.3, 0.4) is 0 Å². The van der Waals surface area contributed by atoms with Gasteiger partial charge in [0.15, 0.2) is 0 Å². The van der Waals surface area contributed by atoms with E-state index in [1.165, 1.54) is 16.8 Å². The zero-order chi connectivity index (χ0) is 15.6. The zero-order valence-electron chi connectivity index (χ0n) is 13.9. The fraction of sp³-hybridized carbons (Fsp3) is 0.667. The van der Waals surface area contributed by atoms with Crippen molar-refractivity contribution in [3.63, 3.8) is 0 Å². The normalized spacial score (nSPS) is 25.5. The predicted octanol–water partition coefficient (Wildman–Crippen LogP) is 1.96. The number of likely N-dealkylation sites (tertiary alicyclic amines) is 1. The molecule has 3 heterocycles. The minimum Gasteiger partial charge on any atom is -0.490 e. The minimum absolute atomic E-state index is 0.348. The van der Waals surface area contributed by atoms with Crippen LogP contribution in [-0.4, -0.2) is 50.4 Å². The lowest BCUT2D eigenvalue weighted by Crippen LogP contribution is -2.35. The Hall–Kier alpha value is -1.30. The van der Waals surface area contributed by atoms with Crippen LogP contribution in [0.4, 0.5) is 5.69 Å². The van der Waals surface area contributed by atoms with Gasteiger partial charge in [0.25, 0.3) is 0 Å². The molecular formula is C18H27N3O2. The molecule has 0 amide bonds. The smallest absolute Gasteiger partial charge is 0.122 e. The van der Waals surface area contributed by atoms with E-state index < -0.39 is 0 Å². The van der Waals surface area contributed by atoms with Crippen LogP contribution >= 0.6 is 0 Å². The van der Waals surface area contributed by atoms with E-state index in [0.29, 0.717) is 12.1 Å². The Morgan fingerprint density at radius 2 is 2.09 bits per heavy atom. The van der Waals surface area contributed by atoms with Crippen molar-refractivity contribution in [1.29, 1.82) is 0 Å². The van der Waals surface area contributed by atoms with Gasteiger partial charge in [-0.3, -0.25) is 0 Å². The van der Waals surface area contributed by atoms with E-state index in [-0.39, 0.29) is 0 Å². The van der Waals surface area contributed by atoms with Gasteiger partial charge in [-0.25, -0.2) is 0 Å². The summed E-state index contributed by atoms with van der Waals surface area (Å²) in [5.74, 6) is 1.02. The largest absolute Gasteiger partial charge is 0.490 e. The highest BCUT2D eigenvalue weighted by molar-refractivity contribution is 5.60. The highest BCUT2D eigenvalue weighted by Gasteiger charge is 2.23. The summed E-state index contributed by atoms with van der Waals surface area (Å²) in [6.45, 7) is 5.81. The maximum atomic E-state index is 6.31. The molecule has 2 saturated heterocycles. The van der Waals surface area contributed by atoms with Gasteiger partial charge in [-0.2, -0.15) is 0 Å². The molecule has 5 nitrogen and oxygen atoms in total. The molecule has 0 unspecified atom stereocenters. The third-order valence-electron chi connectivity index (χ3n) is 5.19. The number of ether oxygens (including phenoxy) is 2. The number of fused-ring (bicyclic) bond motifs is 1. The molecule has 0 bridgehead atoms. The monoisotopic (exact) mass is 317 g/mol. The van der Waals surface area contributed by atoms with Crippen molar-refractivity contribution in [3.8, 4) is 5.75 Å². The summed E-state index contributed by atoms with van der Waals surface area (Å²) in [5, 5.41) is 7.13. The topological polar surface area (TPSA) is 45.8 Å². The molecule has 126 valence electrons. The number of rotatable bonds is 4. The fourth-order valence-corrected chi connectivity index (χ4v) is 3.75. The molecule has 2 fully saturated rings. The van der Waals surface area contributed by atoms with Crippen LogP contribution in [0, 0.1) is 0 Å². The van der Waals surface area contributed by atoms with Gasteiger partial charge in [0.1, 0.15) is 11.9 Å². The number of anilines is 1. The summed E-state index contributed by atoms with van der Waals surface area (Å²) < 4.78 is 11.8. The summed E-state index contributed by atoms with van der Waals surface area (Å²) in [6, 6.07) is 4.85. The Labute approximate surface area is 138 Å². The minimum atomic E-state index is 0.348. The van der Waals surface area contributed by atoms with Crippen molar-refractivity contribution in [2.45, 2.75) is 44.5 Å². The number of benzene rings is 1. The first-order valence-electron chi connectivity index (χ1n) is 8.84. The van der Waals surface area contributed by atoms with Crippen molar-refractivity contribution in [2.75, 3.05) is 38.7 Å². The van der Waals surface area contributed by atoms with E-state index in [0.717, 1.165) is 64.4 Å². The Kier molecular flexibility index (Phi) is 4.42. The zero-order valence-corrected chi connectivity index (χ0v) is 13.9. The molecule has 4 rings (SSSR count). The summed E-state index contributed by atoms with van der Waals surface area (Å²) in [5.41, 5.74) is 4.00. The molecule has 1 aromatic carbocycles. The van der Waals surface area contributed by atoms with E-state index in [1.54, 1.807) is 0 Å². The molecule has 0 aromatic heterocycles. The van der Waals surface area contributed by atoms with Crippen molar-refractivity contribution in [1.82, 2.24) is 10.2 Å². The highest BCUT2D eigenvalue weighted by atomic mass is 16.5. The SMILES string of the molecule is CN1CCC(Oc2cc3c(c(N[C@H]4CCOC4)c2)CNC3)CC1. The highest BCUT2D eigenvalue weighted by Crippen LogP contribution is 2.32. The van der Waals surface area contributed by atoms with Gasteiger partial charge >= 0.3 is 0 Å². The number of hydrogen-bond donors (Lipinski definition) is 2. The van der Waals surface area contributed by atoms with Crippen molar-refractivity contribution in [2.24, 2.45) is 0 Å². The third-order valence-corrected chi connectivity index (χ3v) is 5.19. The first kappa shape index (κ1) is 15.2. The van der Waals surface area contributed by atoms with Gasteiger partial charge in [0, 0.05) is 44.5 Å². The third kappa shape index (κ3) is 3.47. The first-order valence-corrected chi connectivity index (χ1v) is 8.84. The lowest BCUT2D eigenvalue weighted by atomic mass is 10.1. The molecule has 0 radical (unpaired) electrons. The average molecular weight is 317 g/mol. The number of nitrogens with one attached hydrogen (secondary N) is 2. The average Bonchev–Trinajstić information content (AvgIpc) is 3.21. The maximum absolute atomic E-state index is 6.31. The lowest BCUT2D eigenvalue weighted by molar-refractivity contribution is 0.114.